The standard InChI is InChI=1S/C35H30O2.C20H19BrO2.C16H14.C7H5IO2/c1-2-3-9-26-18-25-14-15-27(20-31(25)34(26)28-16-17-32-33(21-28)37-22-36-32)35-29-13-8-7-12-24(29)19-30(35)23-10-5-4-6-11-23;1-2-3-4-14-9-13-5-7-16(21)11-17(13)20(14)15-6-8-18-19(10-15)23-12-22-18;1-12-15-10-6-5-9-14(15)11-16(12)13-7-3-2-4-8-13;8-5-1-2-6-7(3-5)10-4-9-6/h4-8,10-17,20-21H,2-3,9,18-19,22H2,1H3;5-8,10-11H,2-4,9,12H2,1H3;2-10H,11H2,1H3;1-3H,4H2. The molecule has 0 amide bonds. The minimum Gasteiger partial charge on any atom is -0.454 e. The van der Waals surface area contributed by atoms with Crippen LogP contribution in [0.5, 0.6) is 34.5 Å². The van der Waals surface area contributed by atoms with Crippen molar-refractivity contribution in [1.29, 1.82) is 0 Å². The van der Waals surface area contributed by atoms with E-state index in [9.17, 15) is 0 Å². The van der Waals surface area contributed by atoms with E-state index < -0.39 is 0 Å². The molecule has 0 N–H and O–H groups in total. The second kappa shape index (κ2) is 25.9. The Morgan fingerprint density at radius 3 is 1.36 bits per heavy atom. The van der Waals surface area contributed by atoms with Gasteiger partial charge in [0.05, 0.1) is 0 Å². The normalized spacial score (nSPS) is 14.9. The molecule has 0 spiro atoms. The highest BCUT2D eigenvalue weighted by atomic mass is 127. The molecule has 0 unspecified atom stereocenters. The maximum Gasteiger partial charge on any atom is 0.231 e. The molecular formula is C78H68BrIO6. The number of rotatable bonds is 11. The van der Waals surface area contributed by atoms with Crippen molar-refractivity contribution >= 4 is 72.0 Å². The summed E-state index contributed by atoms with van der Waals surface area (Å²) in [6, 6.07) is 71.6. The van der Waals surface area contributed by atoms with Gasteiger partial charge >= 0.3 is 0 Å². The van der Waals surface area contributed by atoms with Crippen LogP contribution in [0.3, 0.4) is 0 Å². The van der Waals surface area contributed by atoms with Crippen LogP contribution in [-0.2, 0) is 25.7 Å². The predicted octanol–water partition coefficient (Wildman–Crippen LogP) is 20.4. The number of unbranched alkanes of at least 4 members (excludes halogenated alkanes) is 2. The SMILES string of the molecule is CC1=C(c2ccccc2)Cc2ccccc21.CCCCC1=C(c2ccc3c(c2)OCO3)c2cc(Br)ccc2C1.CCCCC1=C(c2ccc3c(c2)OCO3)c2cc(C3=C(c4ccccc4)Cc4ccccc43)ccc2C1.Ic1ccc2c(c1)OCO2. The molecular weight excluding hydrogens is 1240 g/mol. The predicted molar refractivity (Wildman–Crippen MR) is 361 cm³/mol. The number of allylic oxidation sites excluding steroid dienone is 5. The Morgan fingerprint density at radius 2 is 0.791 bits per heavy atom. The highest BCUT2D eigenvalue weighted by molar-refractivity contribution is 14.1. The number of ether oxygens (including phenoxy) is 6. The number of hydrogen-bond acceptors (Lipinski definition) is 6. The van der Waals surface area contributed by atoms with Gasteiger partial charge in [0.15, 0.2) is 34.5 Å². The minimum atomic E-state index is 0.303. The third-order valence-corrected chi connectivity index (χ3v) is 18.5. The van der Waals surface area contributed by atoms with E-state index in [1.54, 1.807) is 5.57 Å². The van der Waals surface area contributed by atoms with Crippen molar-refractivity contribution in [3.8, 4) is 34.5 Å². The average Bonchev–Trinajstić information content (AvgIpc) is 1.89. The summed E-state index contributed by atoms with van der Waals surface area (Å²) in [5, 5.41) is 0. The maximum absolute atomic E-state index is 5.76. The summed E-state index contributed by atoms with van der Waals surface area (Å²) in [4.78, 5) is 0. The molecule has 0 fully saturated rings. The maximum atomic E-state index is 5.76. The van der Waals surface area contributed by atoms with Crippen molar-refractivity contribution in [3.63, 3.8) is 0 Å². The molecule has 6 nitrogen and oxygen atoms in total. The Bertz CT molecular complexity index is 4150. The van der Waals surface area contributed by atoms with Gasteiger partial charge in [-0.3, -0.25) is 0 Å². The van der Waals surface area contributed by atoms with E-state index in [4.69, 9.17) is 28.4 Å². The first-order valence-corrected chi connectivity index (χ1v) is 32.1. The zero-order valence-corrected chi connectivity index (χ0v) is 52.7. The van der Waals surface area contributed by atoms with Gasteiger partial charge in [0.2, 0.25) is 20.4 Å². The zero-order valence-electron chi connectivity index (χ0n) is 49.0. The lowest BCUT2D eigenvalue weighted by molar-refractivity contribution is 0.173. The highest BCUT2D eigenvalue weighted by Gasteiger charge is 2.30. The van der Waals surface area contributed by atoms with Gasteiger partial charge in [-0.05, 0) is 247 Å². The van der Waals surface area contributed by atoms with Crippen LogP contribution in [0.15, 0.2) is 216 Å². The molecule has 9 aromatic rings. The molecule has 0 atom stereocenters. The second-order valence-electron chi connectivity index (χ2n) is 22.7. The summed E-state index contributed by atoms with van der Waals surface area (Å²) in [5.41, 5.74) is 29.2. The quantitative estimate of drug-likeness (QED) is 0.120. The Balaban J connectivity index is 0.000000118. The van der Waals surface area contributed by atoms with Crippen molar-refractivity contribution < 1.29 is 28.4 Å². The summed E-state index contributed by atoms with van der Waals surface area (Å²) in [7, 11) is 0. The fourth-order valence-electron chi connectivity index (χ4n) is 13.0. The van der Waals surface area contributed by atoms with Crippen LogP contribution in [0.4, 0.5) is 0 Å². The van der Waals surface area contributed by atoms with Crippen LogP contribution in [-0.4, -0.2) is 20.4 Å². The van der Waals surface area contributed by atoms with Crippen molar-refractivity contribution in [1.82, 2.24) is 0 Å². The lowest BCUT2D eigenvalue weighted by atomic mass is 9.90. The number of benzene rings is 9. The van der Waals surface area contributed by atoms with E-state index in [1.807, 2.05) is 24.3 Å². The molecule has 16 rings (SSSR count). The van der Waals surface area contributed by atoms with E-state index in [2.05, 4.69) is 235 Å². The fourth-order valence-corrected chi connectivity index (χ4v) is 13.9. The Hall–Kier alpha value is -8.05. The largest absolute Gasteiger partial charge is 0.454 e. The smallest absolute Gasteiger partial charge is 0.231 e. The topological polar surface area (TPSA) is 55.4 Å². The average molecular weight is 1310 g/mol. The lowest BCUT2D eigenvalue weighted by Crippen LogP contribution is -1.94. The molecule has 0 aromatic heterocycles. The van der Waals surface area contributed by atoms with Gasteiger partial charge in [0.1, 0.15) is 0 Å². The van der Waals surface area contributed by atoms with Gasteiger partial charge in [-0.2, -0.15) is 0 Å². The number of hydrogen-bond donors (Lipinski definition) is 0. The Morgan fingerprint density at radius 1 is 0.360 bits per heavy atom. The van der Waals surface area contributed by atoms with E-state index in [1.165, 1.54) is 141 Å². The van der Waals surface area contributed by atoms with E-state index in [-0.39, 0.29) is 0 Å². The Labute approximate surface area is 528 Å². The molecule has 7 aliphatic rings. The van der Waals surface area contributed by atoms with Crippen LogP contribution >= 0.6 is 38.5 Å². The molecule has 0 bridgehead atoms. The van der Waals surface area contributed by atoms with Gasteiger partial charge in [0, 0.05) is 8.04 Å². The van der Waals surface area contributed by atoms with Gasteiger partial charge in [-0.1, -0.05) is 193 Å². The van der Waals surface area contributed by atoms with Crippen LogP contribution in [0.2, 0.25) is 0 Å². The van der Waals surface area contributed by atoms with Crippen LogP contribution in [0.25, 0.3) is 33.4 Å². The van der Waals surface area contributed by atoms with Crippen molar-refractivity contribution in [2.75, 3.05) is 20.4 Å². The monoisotopic (exact) mass is 1310 g/mol. The summed E-state index contributed by atoms with van der Waals surface area (Å²) in [6.07, 6.45) is 11.3. The Kier molecular flexibility index (Phi) is 17.2. The van der Waals surface area contributed by atoms with Gasteiger partial charge < -0.3 is 28.4 Å². The van der Waals surface area contributed by atoms with Gasteiger partial charge in [0.25, 0.3) is 0 Å². The first kappa shape index (κ1) is 57.0. The third-order valence-electron chi connectivity index (χ3n) is 17.3. The molecule has 0 saturated heterocycles. The number of fused-ring (bicyclic) bond motifs is 7. The fraction of sp³-hybridized carbons (Fsp3) is 0.205. The van der Waals surface area contributed by atoms with Gasteiger partial charge in [-0.15, -0.1) is 0 Å². The van der Waals surface area contributed by atoms with E-state index in [0.29, 0.717) is 20.4 Å². The van der Waals surface area contributed by atoms with E-state index >= 15 is 0 Å². The van der Waals surface area contributed by atoms with Crippen LogP contribution in [0.1, 0.15) is 132 Å². The molecule has 4 aliphatic carbocycles. The molecule has 9 aromatic carbocycles. The number of halogens is 2. The molecule has 0 saturated carbocycles. The summed E-state index contributed by atoms with van der Waals surface area (Å²) in [6.45, 7) is 7.74. The van der Waals surface area contributed by atoms with Crippen LogP contribution in [0, 0.1) is 3.57 Å². The first-order valence-electron chi connectivity index (χ1n) is 30.2. The summed E-state index contributed by atoms with van der Waals surface area (Å²) in [5.74, 6) is 5.09. The lowest BCUT2D eigenvalue weighted by Gasteiger charge is -2.14. The summed E-state index contributed by atoms with van der Waals surface area (Å²) >= 11 is 5.86. The molecule has 3 heterocycles. The van der Waals surface area contributed by atoms with Gasteiger partial charge in [-0.25, -0.2) is 0 Å². The molecule has 0 radical (unpaired) electrons. The second-order valence-corrected chi connectivity index (χ2v) is 24.8. The molecule has 3 aliphatic heterocycles. The van der Waals surface area contributed by atoms with Crippen LogP contribution < -0.4 is 28.4 Å². The van der Waals surface area contributed by atoms with Crippen molar-refractivity contribution in [2.45, 2.75) is 85.0 Å². The van der Waals surface area contributed by atoms with Crippen molar-refractivity contribution in [2.24, 2.45) is 0 Å². The summed E-state index contributed by atoms with van der Waals surface area (Å²) < 4.78 is 35.0. The third kappa shape index (κ3) is 12.0. The zero-order chi connectivity index (χ0) is 58.5. The first-order chi connectivity index (χ1) is 42.3. The molecule has 8 heteroatoms. The van der Waals surface area contributed by atoms with E-state index in [0.717, 1.165) is 77.5 Å². The highest BCUT2D eigenvalue weighted by Crippen LogP contribution is 2.48. The minimum absolute atomic E-state index is 0.303. The van der Waals surface area contributed by atoms with Crippen molar-refractivity contribution in [3.05, 3.63) is 292 Å². The molecule has 430 valence electrons. The molecule has 86 heavy (non-hydrogen) atoms.